The van der Waals surface area contributed by atoms with E-state index in [0.29, 0.717) is 5.69 Å². The highest BCUT2D eigenvalue weighted by Gasteiger charge is 2.17. The summed E-state index contributed by atoms with van der Waals surface area (Å²) in [5.41, 5.74) is 0.182. The normalized spacial score (nSPS) is 10.7. The van der Waals surface area contributed by atoms with Crippen molar-refractivity contribution in [1.29, 1.82) is 0 Å². The average Bonchev–Trinajstić information content (AvgIpc) is 2.90. The summed E-state index contributed by atoms with van der Waals surface area (Å²) < 4.78 is 14.9. The van der Waals surface area contributed by atoms with Crippen LogP contribution in [0.1, 0.15) is 40.7 Å². The van der Waals surface area contributed by atoms with Crippen molar-refractivity contribution in [2.45, 2.75) is 19.9 Å². The van der Waals surface area contributed by atoms with Crippen LogP contribution >= 0.6 is 0 Å². The molecule has 0 fully saturated rings. The fourth-order valence-electron chi connectivity index (χ4n) is 2.03. The van der Waals surface area contributed by atoms with Crippen LogP contribution in [0.3, 0.4) is 0 Å². The average molecular weight is 290 g/mol. The third-order valence-corrected chi connectivity index (χ3v) is 3.03. The van der Waals surface area contributed by atoms with Crippen molar-refractivity contribution in [3.63, 3.8) is 0 Å². The van der Waals surface area contributed by atoms with Crippen LogP contribution in [0.4, 0.5) is 10.1 Å². The first kappa shape index (κ1) is 14.8. The number of nitrogens with zero attached hydrogens (tertiary/aromatic N) is 1. The minimum Gasteiger partial charge on any atom is -0.478 e. The molecule has 0 atom stereocenters. The van der Waals surface area contributed by atoms with Crippen LogP contribution in [0.2, 0.25) is 0 Å². The molecule has 0 radical (unpaired) electrons. The Labute approximate surface area is 121 Å². The first-order valence-electron chi connectivity index (χ1n) is 6.41. The van der Waals surface area contributed by atoms with E-state index in [1.807, 2.05) is 13.8 Å². The second-order valence-corrected chi connectivity index (χ2v) is 4.84. The highest BCUT2D eigenvalue weighted by molar-refractivity contribution is 6.07. The first-order chi connectivity index (χ1) is 9.90. The molecule has 1 amide bonds. The molecule has 0 unspecified atom stereocenters. The minimum atomic E-state index is -1.30. The topological polar surface area (TPSA) is 71.3 Å². The molecule has 0 aliphatic rings. The van der Waals surface area contributed by atoms with Gasteiger partial charge in [-0.25, -0.2) is 9.18 Å². The molecule has 21 heavy (non-hydrogen) atoms. The molecule has 6 heteroatoms. The van der Waals surface area contributed by atoms with E-state index in [1.165, 1.54) is 6.07 Å². The number of carboxylic acid groups (broad SMARTS) is 1. The Kier molecular flexibility index (Phi) is 4.07. The molecule has 1 aromatic heterocycles. The zero-order valence-electron chi connectivity index (χ0n) is 11.6. The van der Waals surface area contributed by atoms with Crippen LogP contribution < -0.4 is 5.32 Å². The van der Waals surface area contributed by atoms with Gasteiger partial charge in [0.2, 0.25) is 0 Å². The summed E-state index contributed by atoms with van der Waals surface area (Å²) in [6, 6.07) is 6.67. The number of hydrogen-bond acceptors (Lipinski definition) is 2. The van der Waals surface area contributed by atoms with E-state index < -0.39 is 17.7 Å². The molecule has 110 valence electrons. The molecule has 5 nitrogen and oxygen atoms in total. The summed E-state index contributed by atoms with van der Waals surface area (Å²) in [6.45, 7) is 3.86. The quantitative estimate of drug-likeness (QED) is 0.908. The van der Waals surface area contributed by atoms with E-state index in [2.05, 4.69) is 5.32 Å². The maximum Gasteiger partial charge on any atom is 0.337 e. The van der Waals surface area contributed by atoms with Crippen LogP contribution in [0.25, 0.3) is 0 Å². The number of halogens is 1. The van der Waals surface area contributed by atoms with Gasteiger partial charge in [0.05, 0.1) is 11.3 Å². The predicted octanol–water partition coefficient (Wildman–Crippen LogP) is 3.16. The molecule has 2 rings (SSSR count). The Hall–Kier alpha value is -2.63. The Morgan fingerprint density at radius 3 is 2.62 bits per heavy atom. The zero-order valence-corrected chi connectivity index (χ0v) is 11.6. The second kappa shape index (κ2) is 5.78. The minimum absolute atomic E-state index is 0.0606. The molecule has 1 aromatic carbocycles. The van der Waals surface area contributed by atoms with Crippen LogP contribution in [0.5, 0.6) is 0 Å². The number of benzene rings is 1. The van der Waals surface area contributed by atoms with E-state index in [-0.39, 0.29) is 17.3 Å². The fraction of sp³-hybridized carbons (Fsp3) is 0.200. The van der Waals surface area contributed by atoms with Gasteiger partial charge in [0.15, 0.2) is 0 Å². The van der Waals surface area contributed by atoms with Gasteiger partial charge in [-0.15, -0.1) is 0 Å². The van der Waals surface area contributed by atoms with E-state index in [1.54, 1.807) is 22.9 Å². The molecular formula is C15H15FN2O3. The number of aromatic nitrogens is 1. The molecule has 0 aliphatic carbocycles. The SMILES string of the molecule is CC(C)n1cccc1C(=O)Nc1ccc(F)cc1C(=O)O. The lowest BCUT2D eigenvalue weighted by Gasteiger charge is -2.13. The molecule has 0 bridgehead atoms. The van der Waals surface area contributed by atoms with Crippen LogP contribution in [-0.4, -0.2) is 21.6 Å². The number of carbonyl (C=O) groups is 2. The standard InChI is InChI=1S/C15H15FN2O3/c1-9(2)18-7-3-4-13(18)14(19)17-12-6-5-10(16)8-11(12)15(20)21/h3-9H,1-2H3,(H,17,19)(H,20,21). The van der Waals surface area contributed by atoms with Gasteiger partial charge >= 0.3 is 5.97 Å². The van der Waals surface area contributed by atoms with Crippen molar-refractivity contribution in [1.82, 2.24) is 4.57 Å². The summed E-state index contributed by atoms with van der Waals surface area (Å²) in [4.78, 5) is 23.3. The monoisotopic (exact) mass is 290 g/mol. The third kappa shape index (κ3) is 3.10. The molecule has 2 N–H and O–H groups in total. The molecule has 1 heterocycles. The third-order valence-electron chi connectivity index (χ3n) is 3.03. The smallest absolute Gasteiger partial charge is 0.337 e. The largest absolute Gasteiger partial charge is 0.478 e. The lowest BCUT2D eigenvalue weighted by Crippen LogP contribution is -2.19. The Morgan fingerprint density at radius 1 is 1.29 bits per heavy atom. The Balaban J connectivity index is 2.32. The second-order valence-electron chi connectivity index (χ2n) is 4.84. The number of carbonyl (C=O) groups excluding carboxylic acids is 1. The summed E-state index contributed by atoms with van der Waals surface area (Å²) >= 11 is 0. The van der Waals surface area contributed by atoms with Gasteiger partial charge < -0.3 is 15.0 Å². The lowest BCUT2D eigenvalue weighted by atomic mass is 10.1. The number of anilines is 1. The van der Waals surface area contributed by atoms with Gasteiger partial charge in [-0.1, -0.05) is 0 Å². The fourth-order valence-corrected chi connectivity index (χ4v) is 2.03. The lowest BCUT2D eigenvalue weighted by molar-refractivity contribution is 0.0697. The van der Waals surface area contributed by atoms with Crippen molar-refractivity contribution in [3.05, 3.63) is 53.6 Å². The number of amides is 1. The molecule has 0 saturated carbocycles. The predicted molar refractivity (Wildman–Crippen MR) is 76.1 cm³/mol. The highest BCUT2D eigenvalue weighted by Crippen LogP contribution is 2.19. The van der Waals surface area contributed by atoms with E-state index >= 15 is 0 Å². The molecule has 2 aromatic rings. The highest BCUT2D eigenvalue weighted by atomic mass is 19.1. The maximum atomic E-state index is 13.1. The summed E-state index contributed by atoms with van der Waals surface area (Å²) in [5, 5.41) is 11.6. The number of rotatable bonds is 4. The molecule has 0 saturated heterocycles. The van der Waals surface area contributed by atoms with Gasteiger partial charge in [0.25, 0.3) is 5.91 Å². The molecule has 0 spiro atoms. The summed E-state index contributed by atoms with van der Waals surface area (Å²) in [5.74, 6) is -2.41. The van der Waals surface area contributed by atoms with Crippen molar-refractivity contribution in [3.8, 4) is 0 Å². The van der Waals surface area contributed by atoms with Crippen molar-refractivity contribution < 1.29 is 19.1 Å². The van der Waals surface area contributed by atoms with E-state index in [4.69, 9.17) is 5.11 Å². The Morgan fingerprint density at radius 2 is 2.00 bits per heavy atom. The van der Waals surface area contributed by atoms with E-state index in [0.717, 1.165) is 12.1 Å². The number of carboxylic acids is 1. The van der Waals surface area contributed by atoms with Gasteiger partial charge in [-0.2, -0.15) is 0 Å². The molecular weight excluding hydrogens is 275 g/mol. The van der Waals surface area contributed by atoms with Crippen molar-refractivity contribution >= 4 is 17.6 Å². The van der Waals surface area contributed by atoms with Gasteiger partial charge in [-0.05, 0) is 44.2 Å². The number of nitrogens with one attached hydrogen (secondary N) is 1. The van der Waals surface area contributed by atoms with Crippen LogP contribution in [-0.2, 0) is 0 Å². The van der Waals surface area contributed by atoms with Crippen LogP contribution in [0, 0.1) is 5.82 Å². The maximum absolute atomic E-state index is 13.1. The molecule has 0 aliphatic heterocycles. The van der Waals surface area contributed by atoms with Gasteiger partial charge in [0.1, 0.15) is 11.5 Å². The Bertz CT molecular complexity index is 692. The van der Waals surface area contributed by atoms with Crippen molar-refractivity contribution in [2.24, 2.45) is 0 Å². The van der Waals surface area contributed by atoms with E-state index in [9.17, 15) is 14.0 Å². The first-order valence-corrected chi connectivity index (χ1v) is 6.41. The number of aromatic carboxylic acids is 1. The summed E-state index contributed by atoms with van der Waals surface area (Å²) in [6.07, 6.45) is 1.77. The van der Waals surface area contributed by atoms with Gasteiger partial charge in [-0.3, -0.25) is 4.79 Å². The zero-order chi connectivity index (χ0) is 15.6. The van der Waals surface area contributed by atoms with Crippen LogP contribution in [0.15, 0.2) is 36.5 Å². The number of hydrogen-bond donors (Lipinski definition) is 2. The van der Waals surface area contributed by atoms with Crippen molar-refractivity contribution in [2.75, 3.05) is 5.32 Å². The van der Waals surface area contributed by atoms with Gasteiger partial charge in [0, 0.05) is 12.2 Å². The summed E-state index contributed by atoms with van der Waals surface area (Å²) in [7, 11) is 0.